The minimum absolute atomic E-state index is 0.291. The molecule has 7 heteroatoms. The van der Waals surface area contributed by atoms with Gasteiger partial charge in [0, 0.05) is 25.2 Å². The molecule has 0 atom stereocenters. The Balaban J connectivity index is 1.69. The molecule has 4 rings (SSSR count). The fourth-order valence-corrected chi connectivity index (χ4v) is 2.78. The highest BCUT2D eigenvalue weighted by Gasteiger charge is 2.18. The molecule has 0 aliphatic carbocycles. The van der Waals surface area contributed by atoms with Crippen LogP contribution in [0, 0.1) is 0 Å². The first kappa shape index (κ1) is 14.5. The van der Waals surface area contributed by atoms with Crippen LogP contribution >= 0.6 is 0 Å². The summed E-state index contributed by atoms with van der Waals surface area (Å²) in [5.41, 5.74) is 3.73. The van der Waals surface area contributed by atoms with E-state index in [0.717, 1.165) is 41.2 Å². The molecule has 2 aromatic heterocycles. The summed E-state index contributed by atoms with van der Waals surface area (Å²) in [6, 6.07) is 9.70. The molecular weight excluding hydrogens is 306 g/mol. The van der Waals surface area contributed by atoms with Crippen LogP contribution in [0.5, 0.6) is 0 Å². The number of nitrogens with zero attached hydrogens (tertiary/aromatic N) is 4. The Hall–Kier alpha value is -3.09. The zero-order valence-electron chi connectivity index (χ0n) is 13.0. The maximum Gasteiger partial charge on any atom is 0.404 e. The van der Waals surface area contributed by atoms with E-state index in [9.17, 15) is 4.79 Å². The lowest BCUT2D eigenvalue weighted by molar-refractivity contribution is 0.194. The Kier molecular flexibility index (Phi) is 3.53. The van der Waals surface area contributed by atoms with E-state index in [-0.39, 0.29) is 0 Å². The van der Waals surface area contributed by atoms with Crippen molar-refractivity contribution in [3.63, 3.8) is 0 Å². The lowest BCUT2D eigenvalue weighted by Crippen LogP contribution is -2.37. The van der Waals surface area contributed by atoms with Gasteiger partial charge in [0.1, 0.15) is 5.82 Å². The second-order valence-corrected chi connectivity index (χ2v) is 5.80. The van der Waals surface area contributed by atoms with E-state index >= 15 is 0 Å². The summed E-state index contributed by atoms with van der Waals surface area (Å²) in [5, 5.41) is 15.4. The van der Waals surface area contributed by atoms with Crippen LogP contribution in [0.2, 0.25) is 0 Å². The van der Waals surface area contributed by atoms with Crippen molar-refractivity contribution in [2.45, 2.75) is 13.0 Å². The minimum atomic E-state index is -1.02. The van der Waals surface area contributed by atoms with Gasteiger partial charge < -0.3 is 15.3 Å². The highest BCUT2D eigenvalue weighted by Crippen LogP contribution is 2.27. The van der Waals surface area contributed by atoms with E-state index in [0.29, 0.717) is 6.54 Å². The van der Waals surface area contributed by atoms with Gasteiger partial charge in [-0.05, 0) is 18.1 Å². The smallest absolute Gasteiger partial charge is 0.404 e. The van der Waals surface area contributed by atoms with Gasteiger partial charge >= 0.3 is 6.09 Å². The van der Waals surface area contributed by atoms with Gasteiger partial charge in [-0.15, -0.1) is 0 Å². The average molecular weight is 323 g/mol. The average Bonchev–Trinajstić information content (AvgIpc) is 2.99. The Morgan fingerprint density at radius 2 is 2.00 bits per heavy atom. The van der Waals surface area contributed by atoms with Crippen LogP contribution in [0.3, 0.4) is 0 Å². The Bertz CT molecular complexity index is 884. The summed E-state index contributed by atoms with van der Waals surface area (Å²) in [4.78, 5) is 17.6. The number of carboxylic acid groups (broad SMARTS) is 1. The first-order valence-electron chi connectivity index (χ1n) is 7.86. The summed E-state index contributed by atoms with van der Waals surface area (Å²) < 4.78 is 1.86. The topological polar surface area (TPSA) is 82.8 Å². The van der Waals surface area contributed by atoms with Crippen molar-refractivity contribution < 1.29 is 9.90 Å². The van der Waals surface area contributed by atoms with E-state index in [1.165, 1.54) is 6.42 Å². The number of benzene rings is 1. The second kappa shape index (κ2) is 5.84. The summed E-state index contributed by atoms with van der Waals surface area (Å²) in [6.07, 6.45) is 3.90. The maximum absolute atomic E-state index is 10.6. The van der Waals surface area contributed by atoms with Gasteiger partial charge in [0.2, 0.25) is 0 Å². The molecule has 2 N–H and O–H groups in total. The standard InChI is InChI=1S/C17H17N5O2/c23-17(24)18-10-12-2-4-13(5-3-12)16-14-6-7-19-22(14)11-15(20-16)21-8-1-9-21/h2-7,11,18H,1,8-10H2,(H,23,24). The number of carbonyl (C=O) groups is 1. The number of aromatic nitrogens is 3. The van der Waals surface area contributed by atoms with Crippen molar-refractivity contribution in [3.8, 4) is 11.3 Å². The molecule has 1 aliphatic rings. The van der Waals surface area contributed by atoms with Gasteiger partial charge in [-0.25, -0.2) is 14.3 Å². The molecule has 122 valence electrons. The molecule has 0 saturated carbocycles. The summed E-state index contributed by atoms with van der Waals surface area (Å²) in [7, 11) is 0. The summed E-state index contributed by atoms with van der Waals surface area (Å²) >= 11 is 0. The Morgan fingerprint density at radius 3 is 2.67 bits per heavy atom. The lowest BCUT2D eigenvalue weighted by Gasteiger charge is -2.32. The van der Waals surface area contributed by atoms with Crippen molar-refractivity contribution in [3.05, 3.63) is 48.3 Å². The third-order valence-electron chi connectivity index (χ3n) is 4.23. The molecule has 3 aromatic rings. The van der Waals surface area contributed by atoms with Crippen molar-refractivity contribution >= 4 is 17.4 Å². The monoisotopic (exact) mass is 323 g/mol. The third-order valence-corrected chi connectivity index (χ3v) is 4.23. The number of anilines is 1. The minimum Gasteiger partial charge on any atom is -0.465 e. The third kappa shape index (κ3) is 2.64. The number of nitrogens with one attached hydrogen (secondary N) is 1. The van der Waals surface area contributed by atoms with E-state index in [4.69, 9.17) is 10.1 Å². The lowest BCUT2D eigenvalue weighted by atomic mass is 10.1. The molecule has 0 radical (unpaired) electrons. The van der Waals surface area contributed by atoms with Gasteiger partial charge in [-0.1, -0.05) is 24.3 Å². The number of fused-ring (bicyclic) bond motifs is 1. The Morgan fingerprint density at radius 1 is 1.21 bits per heavy atom. The van der Waals surface area contributed by atoms with E-state index < -0.39 is 6.09 Å². The number of hydrogen-bond donors (Lipinski definition) is 2. The van der Waals surface area contributed by atoms with Crippen LogP contribution < -0.4 is 10.2 Å². The van der Waals surface area contributed by atoms with E-state index in [1.807, 2.05) is 41.0 Å². The van der Waals surface area contributed by atoms with Crippen molar-refractivity contribution in [1.29, 1.82) is 0 Å². The summed E-state index contributed by atoms with van der Waals surface area (Å²) in [5.74, 6) is 0.934. The second-order valence-electron chi connectivity index (χ2n) is 5.80. The first-order valence-corrected chi connectivity index (χ1v) is 7.86. The number of amides is 1. The largest absolute Gasteiger partial charge is 0.465 e. The van der Waals surface area contributed by atoms with Crippen LogP contribution in [0.4, 0.5) is 10.6 Å². The molecule has 0 bridgehead atoms. The maximum atomic E-state index is 10.6. The van der Waals surface area contributed by atoms with Gasteiger partial charge in [-0.3, -0.25) is 0 Å². The van der Waals surface area contributed by atoms with E-state index in [2.05, 4.69) is 15.3 Å². The molecule has 1 aliphatic heterocycles. The normalized spacial score (nSPS) is 13.8. The molecule has 24 heavy (non-hydrogen) atoms. The molecule has 1 amide bonds. The fourth-order valence-electron chi connectivity index (χ4n) is 2.78. The van der Waals surface area contributed by atoms with Crippen molar-refractivity contribution in [1.82, 2.24) is 19.9 Å². The van der Waals surface area contributed by atoms with Crippen molar-refractivity contribution in [2.75, 3.05) is 18.0 Å². The van der Waals surface area contributed by atoms with E-state index in [1.54, 1.807) is 6.20 Å². The highest BCUT2D eigenvalue weighted by atomic mass is 16.4. The SMILES string of the molecule is O=C(O)NCc1ccc(-c2nc(N3CCC3)cn3nccc23)cc1. The van der Waals surface area contributed by atoms with Crippen LogP contribution in [-0.4, -0.2) is 38.9 Å². The van der Waals surface area contributed by atoms with Gasteiger partial charge in [0.15, 0.2) is 0 Å². The Labute approximate surface area is 138 Å². The van der Waals surface area contributed by atoms with Gasteiger partial charge in [0.25, 0.3) is 0 Å². The van der Waals surface area contributed by atoms with Gasteiger partial charge in [-0.2, -0.15) is 5.10 Å². The zero-order valence-corrected chi connectivity index (χ0v) is 13.0. The number of rotatable bonds is 4. The molecule has 1 saturated heterocycles. The predicted molar refractivity (Wildman–Crippen MR) is 90.1 cm³/mol. The quantitative estimate of drug-likeness (QED) is 0.770. The molecule has 3 heterocycles. The zero-order chi connectivity index (χ0) is 16.5. The predicted octanol–water partition coefficient (Wildman–Crippen LogP) is 2.37. The fraction of sp³-hybridized carbons (Fsp3) is 0.235. The molecule has 0 spiro atoms. The molecule has 1 aromatic carbocycles. The molecular formula is C17H17N5O2. The number of hydrogen-bond acceptors (Lipinski definition) is 4. The summed E-state index contributed by atoms with van der Waals surface area (Å²) in [6.45, 7) is 2.34. The van der Waals surface area contributed by atoms with Crippen LogP contribution in [0.1, 0.15) is 12.0 Å². The molecule has 1 fully saturated rings. The van der Waals surface area contributed by atoms with Crippen LogP contribution in [0.15, 0.2) is 42.7 Å². The highest BCUT2D eigenvalue weighted by molar-refractivity contribution is 5.78. The van der Waals surface area contributed by atoms with Crippen molar-refractivity contribution in [2.24, 2.45) is 0 Å². The van der Waals surface area contributed by atoms with Crippen LogP contribution in [0.25, 0.3) is 16.8 Å². The van der Waals surface area contributed by atoms with Crippen LogP contribution in [-0.2, 0) is 6.54 Å². The van der Waals surface area contributed by atoms with Gasteiger partial charge in [0.05, 0.1) is 23.6 Å². The molecule has 7 nitrogen and oxygen atoms in total. The first-order chi connectivity index (χ1) is 11.7. The molecule has 0 unspecified atom stereocenters.